The minimum atomic E-state index is -0.308. The molecule has 2 aromatic carbocycles. The van der Waals surface area contributed by atoms with Gasteiger partial charge < -0.3 is 16.0 Å². The van der Waals surface area contributed by atoms with Gasteiger partial charge in [0.15, 0.2) is 5.78 Å². The molecule has 1 fully saturated rings. The van der Waals surface area contributed by atoms with E-state index in [1.807, 2.05) is 36.4 Å². The predicted octanol–water partition coefficient (Wildman–Crippen LogP) is 4.52. The molecule has 3 aliphatic rings. The van der Waals surface area contributed by atoms with E-state index in [1.165, 1.54) is 6.42 Å². The van der Waals surface area contributed by atoms with Crippen LogP contribution in [0.4, 0.5) is 17.6 Å². The Morgan fingerprint density at radius 3 is 2.47 bits per heavy atom. The molecule has 1 aromatic heterocycles. The average Bonchev–Trinajstić information content (AvgIpc) is 3.11. The van der Waals surface area contributed by atoms with Crippen molar-refractivity contribution in [2.75, 3.05) is 29.0 Å². The van der Waals surface area contributed by atoms with E-state index < -0.39 is 0 Å². The standard InChI is InChI=1S/C26H25N5O/c1-15-9-3-4-10-16(15)19-20-22(17-11-5-6-12-18(17)23(20)32)28-25-21(19)24(27)29-26(30-25)31-13-7-2-8-14-31/h3-6,9-12,19H,2,7-8,13-14H2,1H3,(H3,27,28,29,30). The highest BCUT2D eigenvalue weighted by atomic mass is 16.1. The van der Waals surface area contributed by atoms with Crippen LogP contribution in [0.1, 0.15) is 57.8 Å². The predicted molar refractivity (Wildman–Crippen MR) is 127 cm³/mol. The average molecular weight is 424 g/mol. The summed E-state index contributed by atoms with van der Waals surface area (Å²) >= 11 is 0. The van der Waals surface area contributed by atoms with Crippen LogP contribution >= 0.6 is 0 Å². The zero-order chi connectivity index (χ0) is 21.8. The summed E-state index contributed by atoms with van der Waals surface area (Å²) in [6, 6.07) is 15.9. The lowest BCUT2D eigenvalue weighted by Gasteiger charge is -2.32. The molecule has 160 valence electrons. The van der Waals surface area contributed by atoms with Gasteiger partial charge in [-0.05, 0) is 37.3 Å². The molecular weight excluding hydrogens is 398 g/mol. The normalized spacial score (nSPS) is 19.3. The van der Waals surface area contributed by atoms with Crippen LogP contribution in [0.15, 0.2) is 54.1 Å². The molecule has 0 amide bonds. The molecule has 2 aliphatic heterocycles. The first-order valence-electron chi connectivity index (χ1n) is 11.3. The minimum Gasteiger partial charge on any atom is -0.383 e. The zero-order valence-corrected chi connectivity index (χ0v) is 18.1. The van der Waals surface area contributed by atoms with E-state index in [9.17, 15) is 4.79 Å². The van der Waals surface area contributed by atoms with Gasteiger partial charge in [0.1, 0.15) is 11.6 Å². The first-order valence-corrected chi connectivity index (χ1v) is 11.3. The van der Waals surface area contributed by atoms with Crippen molar-refractivity contribution in [1.82, 2.24) is 9.97 Å². The van der Waals surface area contributed by atoms with E-state index in [-0.39, 0.29) is 11.7 Å². The Labute approximate surface area is 187 Å². The summed E-state index contributed by atoms with van der Waals surface area (Å²) in [6.45, 7) is 3.95. The maximum Gasteiger partial charge on any atom is 0.229 e. The Balaban J connectivity index is 1.58. The van der Waals surface area contributed by atoms with E-state index in [2.05, 4.69) is 29.3 Å². The molecule has 3 aromatic rings. The maximum atomic E-state index is 13.6. The first kappa shape index (κ1) is 19.0. The molecule has 6 nitrogen and oxygen atoms in total. The Hall–Kier alpha value is -3.67. The molecule has 6 rings (SSSR count). The number of ketones is 1. The number of nitrogens with one attached hydrogen (secondary N) is 1. The number of carbonyl (C=O) groups is 1. The molecule has 1 saturated heterocycles. The van der Waals surface area contributed by atoms with Crippen molar-refractivity contribution in [3.05, 3.63) is 81.9 Å². The van der Waals surface area contributed by atoms with Crippen LogP contribution in [-0.2, 0) is 0 Å². The van der Waals surface area contributed by atoms with Gasteiger partial charge in [0, 0.05) is 41.3 Å². The van der Waals surface area contributed by atoms with E-state index >= 15 is 0 Å². The molecule has 1 atom stereocenters. The van der Waals surface area contributed by atoms with Crippen molar-refractivity contribution in [2.24, 2.45) is 0 Å². The summed E-state index contributed by atoms with van der Waals surface area (Å²) in [6.07, 6.45) is 3.51. The van der Waals surface area contributed by atoms with Gasteiger partial charge in [-0.3, -0.25) is 4.79 Å². The lowest BCUT2D eigenvalue weighted by molar-refractivity contribution is 0.103. The van der Waals surface area contributed by atoms with Crippen LogP contribution in [0.25, 0.3) is 5.70 Å². The highest BCUT2D eigenvalue weighted by molar-refractivity contribution is 6.24. The number of nitrogens with two attached hydrogens (primary N) is 1. The Kier molecular flexibility index (Phi) is 4.28. The third-order valence-corrected chi connectivity index (χ3v) is 6.88. The van der Waals surface area contributed by atoms with Crippen molar-refractivity contribution in [3.63, 3.8) is 0 Å². The molecule has 3 heterocycles. The van der Waals surface area contributed by atoms with E-state index in [0.29, 0.717) is 17.6 Å². The number of nitrogens with zero attached hydrogens (tertiary/aromatic N) is 3. The van der Waals surface area contributed by atoms with Gasteiger partial charge in [-0.15, -0.1) is 0 Å². The fraction of sp³-hybridized carbons (Fsp3) is 0.269. The number of rotatable bonds is 2. The summed E-state index contributed by atoms with van der Waals surface area (Å²) in [7, 11) is 0. The van der Waals surface area contributed by atoms with Gasteiger partial charge >= 0.3 is 0 Å². The number of nitrogen functional groups attached to an aromatic ring is 1. The van der Waals surface area contributed by atoms with Gasteiger partial charge in [-0.2, -0.15) is 9.97 Å². The molecule has 32 heavy (non-hydrogen) atoms. The summed E-state index contributed by atoms with van der Waals surface area (Å²) in [5.74, 6) is 1.54. The van der Waals surface area contributed by atoms with Gasteiger partial charge in [0.25, 0.3) is 0 Å². The molecule has 6 heteroatoms. The largest absolute Gasteiger partial charge is 0.383 e. The minimum absolute atomic E-state index is 0.0431. The van der Waals surface area contributed by atoms with Crippen molar-refractivity contribution in [1.29, 1.82) is 0 Å². The Morgan fingerprint density at radius 2 is 1.69 bits per heavy atom. The number of fused-ring (bicyclic) bond motifs is 3. The Morgan fingerprint density at radius 1 is 0.969 bits per heavy atom. The summed E-state index contributed by atoms with van der Waals surface area (Å²) in [4.78, 5) is 25.4. The smallest absolute Gasteiger partial charge is 0.229 e. The molecule has 3 N–H and O–H groups in total. The summed E-state index contributed by atoms with van der Waals surface area (Å²) in [5, 5.41) is 3.49. The second-order valence-electron chi connectivity index (χ2n) is 8.80. The molecular formula is C26H25N5O. The van der Waals surface area contributed by atoms with Crippen molar-refractivity contribution >= 4 is 29.1 Å². The van der Waals surface area contributed by atoms with Crippen molar-refractivity contribution in [3.8, 4) is 0 Å². The van der Waals surface area contributed by atoms with Crippen LogP contribution in [0.3, 0.4) is 0 Å². The lowest BCUT2D eigenvalue weighted by atomic mass is 9.79. The van der Waals surface area contributed by atoms with Crippen molar-refractivity contribution in [2.45, 2.75) is 32.1 Å². The second kappa shape index (κ2) is 7.19. The summed E-state index contributed by atoms with van der Waals surface area (Å²) in [5.41, 5.74) is 12.8. The van der Waals surface area contributed by atoms with Gasteiger partial charge in [0.05, 0.1) is 5.70 Å². The number of hydrogen-bond donors (Lipinski definition) is 2. The lowest BCUT2D eigenvalue weighted by Crippen LogP contribution is -2.32. The quantitative estimate of drug-likeness (QED) is 0.630. The van der Waals surface area contributed by atoms with E-state index in [0.717, 1.165) is 65.0 Å². The summed E-state index contributed by atoms with van der Waals surface area (Å²) < 4.78 is 0. The number of carbonyl (C=O) groups excluding carboxylic acids is 1. The third-order valence-electron chi connectivity index (χ3n) is 6.88. The number of hydrogen-bond acceptors (Lipinski definition) is 6. The van der Waals surface area contributed by atoms with Gasteiger partial charge in [-0.25, -0.2) is 0 Å². The van der Waals surface area contributed by atoms with Crippen LogP contribution < -0.4 is 16.0 Å². The SMILES string of the molecule is Cc1ccccc1C1C2=C(Nc3nc(N4CCCCC4)nc(N)c31)c1ccccc1C2=O. The van der Waals surface area contributed by atoms with Crippen LogP contribution in [-0.4, -0.2) is 28.8 Å². The first-order chi connectivity index (χ1) is 15.6. The fourth-order valence-corrected chi connectivity index (χ4v) is 5.29. The molecule has 0 saturated carbocycles. The van der Waals surface area contributed by atoms with Gasteiger partial charge in [-0.1, -0.05) is 48.5 Å². The fourth-order valence-electron chi connectivity index (χ4n) is 5.29. The van der Waals surface area contributed by atoms with E-state index in [1.54, 1.807) is 0 Å². The number of Topliss-reactive ketones (excluding diaryl/α,β-unsaturated/α-hetero) is 1. The molecule has 0 spiro atoms. The van der Waals surface area contributed by atoms with Crippen molar-refractivity contribution < 1.29 is 4.79 Å². The number of aryl methyl sites for hydroxylation is 1. The number of anilines is 3. The topological polar surface area (TPSA) is 84.1 Å². The number of benzene rings is 2. The highest BCUT2D eigenvalue weighted by Gasteiger charge is 2.42. The number of aromatic nitrogens is 2. The van der Waals surface area contributed by atoms with Crippen LogP contribution in [0.2, 0.25) is 0 Å². The van der Waals surface area contributed by atoms with E-state index in [4.69, 9.17) is 15.7 Å². The Bertz CT molecular complexity index is 1290. The number of allylic oxidation sites excluding steroid dienone is 1. The monoisotopic (exact) mass is 423 g/mol. The zero-order valence-electron chi connectivity index (χ0n) is 18.1. The van der Waals surface area contributed by atoms with Crippen LogP contribution in [0, 0.1) is 6.92 Å². The molecule has 0 radical (unpaired) electrons. The highest BCUT2D eigenvalue weighted by Crippen LogP contribution is 2.51. The van der Waals surface area contributed by atoms with Crippen LogP contribution in [0.5, 0.6) is 0 Å². The molecule has 1 unspecified atom stereocenters. The molecule has 0 bridgehead atoms. The molecule has 1 aliphatic carbocycles. The maximum absolute atomic E-state index is 13.6. The number of piperidine rings is 1. The van der Waals surface area contributed by atoms with Gasteiger partial charge in [0.2, 0.25) is 5.95 Å². The third kappa shape index (κ3) is 2.75. The second-order valence-corrected chi connectivity index (χ2v) is 8.80.